The SMILES string of the molecule is CCCCCCCCCCCCC/C=C/[C@@H](O)[C@H](CO[C@@H]1O[C@H](CO)[C@H](O)[C@H](O)[C@H]1O)NC(=O)[C@@H](O)CCCCCCCCCCCCCCCCCCCCCC. The number of ether oxygens (including phenoxy) is 2. The zero-order chi connectivity index (χ0) is 42.5. The van der Waals surface area contributed by atoms with Crippen molar-refractivity contribution in [1.82, 2.24) is 5.32 Å². The van der Waals surface area contributed by atoms with Gasteiger partial charge in [-0.15, -0.1) is 0 Å². The maximum Gasteiger partial charge on any atom is 0.249 e. The molecule has 0 aromatic carbocycles. The minimum absolute atomic E-state index is 0.301. The van der Waals surface area contributed by atoms with Crippen LogP contribution in [-0.2, 0) is 14.3 Å². The lowest BCUT2D eigenvalue weighted by Gasteiger charge is -2.40. The molecule has 7 N–H and O–H groups in total. The van der Waals surface area contributed by atoms with E-state index in [1.165, 1.54) is 161 Å². The number of nitrogens with one attached hydrogen (secondary N) is 1. The van der Waals surface area contributed by atoms with Crippen molar-refractivity contribution in [2.24, 2.45) is 0 Å². The Kier molecular flexibility index (Phi) is 36.7. The Morgan fingerprint density at radius 2 is 0.983 bits per heavy atom. The number of aliphatic hydroxyl groups is 6. The Hall–Kier alpha value is -1.11. The van der Waals surface area contributed by atoms with E-state index >= 15 is 0 Å². The Balaban J connectivity index is 2.34. The third-order valence-corrected chi connectivity index (χ3v) is 12.0. The van der Waals surface area contributed by atoms with Gasteiger partial charge in [-0.1, -0.05) is 219 Å². The molecule has 58 heavy (non-hydrogen) atoms. The van der Waals surface area contributed by atoms with Crippen molar-refractivity contribution in [2.45, 2.75) is 275 Å². The first-order valence-corrected chi connectivity index (χ1v) is 24.5. The molecule has 0 aliphatic carbocycles. The van der Waals surface area contributed by atoms with E-state index in [0.717, 1.165) is 44.9 Å². The van der Waals surface area contributed by atoms with Crippen LogP contribution in [-0.4, -0.2) is 98.7 Å². The number of aliphatic hydroxyl groups excluding tert-OH is 6. The molecular weight excluding hydrogens is 735 g/mol. The number of hydrogen-bond acceptors (Lipinski definition) is 9. The van der Waals surface area contributed by atoms with Gasteiger partial charge in [-0.2, -0.15) is 0 Å². The molecule has 1 rings (SSSR count). The summed E-state index contributed by atoms with van der Waals surface area (Å²) in [5.41, 5.74) is 0. The van der Waals surface area contributed by atoms with Gasteiger partial charge in [0.2, 0.25) is 5.91 Å². The van der Waals surface area contributed by atoms with Crippen LogP contribution in [0.5, 0.6) is 0 Å². The van der Waals surface area contributed by atoms with Crippen LogP contribution < -0.4 is 5.32 Å². The molecule has 1 aliphatic rings. The molecule has 0 unspecified atom stereocenters. The van der Waals surface area contributed by atoms with Gasteiger partial charge in [0, 0.05) is 0 Å². The first-order valence-electron chi connectivity index (χ1n) is 24.5. The largest absolute Gasteiger partial charge is 0.394 e. The normalized spacial score (nSPS) is 21.4. The van der Waals surface area contributed by atoms with E-state index in [-0.39, 0.29) is 6.61 Å². The summed E-state index contributed by atoms with van der Waals surface area (Å²) >= 11 is 0. The molecule has 1 saturated heterocycles. The van der Waals surface area contributed by atoms with Gasteiger partial charge < -0.3 is 45.4 Å². The highest BCUT2D eigenvalue weighted by Gasteiger charge is 2.44. The maximum absolute atomic E-state index is 13.0. The lowest BCUT2D eigenvalue weighted by molar-refractivity contribution is -0.302. The van der Waals surface area contributed by atoms with Crippen molar-refractivity contribution >= 4 is 5.91 Å². The van der Waals surface area contributed by atoms with E-state index in [2.05, 4.69) is 19.2 Å². The molecule has 1 aliphatic heterocycles. The summed E-state index contributed by atoms with van der Waals surface area (Å²) in [6.07, 6.45) is 34.4. The fourth-order valence-electron chi connectivity index (χ4n) is 7.93. The molecule has 1 heterocycles. The van der Waals surface area contributed by atoms with Crippen LogP contribution in [0.1, 0.15) is 226 Å². The van der Waals surface area contributed by atoms with E-state index < -0.39 is 61.5 Å². The predicted molar refractivity (Wildman–Crippen MR) is 237 cm³/mol. The Morgan fingerprint density at radius 1 is 0.586 bits per heavy atom. The zero-order valence-corrected chi connectivity index (χ0v) is 37.4. The summed E-state index contributed by atoms with van der Waals surface area (Å²) < 4.78 is 11.1. The maximum atomic E-state index is 13.0. The second kappa shape index (κ2) is 38.8. The number of allylic oxidation sites excluding steroid dienone is 1. The van der Waals surface area contributed by atoms with Gasteiger partial charge in [-0.05, 0) is 19.3 Å². The average molecular weight is 828 g/mol. The second-order valence-electron chi connectivity index (χ2n) is 17.4. The molecule has 10 nitrogen and oxygen atoms in total. The number of carbonyl (C=O) groups excluding carboxylic acids is 1. The van der Waals surface area contributed by atoms with Crippen LogP contribution in [0, 0.1) is 0 Å². The van der Waals surface area contributed by atoms with Crippen molar-refractivity contribution < 1.29 is 44.9 Å². The van der Waals surface area contributed by atoms with E-state index in [0.29, 0.717) is 6.42 Å². The number of amides is 1. The molecule has 0 bridgehead atoms. The van der Waals surface area contributed by atoms with Crippen molar-refractivity contribution in [3.8, 4) is 0 Å². The van der Waals surface area contributed by atoms with Crippen LogP contribution in [0.4, 0.5) is 0 Å². The smallest absolute Gasteiger partial charge is 0.249 e. The molecule has 344 valence electrons. The molecule has 1 amide bonds. The van der Waals surface area contributed by atoms with Gasteiger partial charge in [0.15, 0.2) is 6.29 Å². The predicted octanol–water partition coefficient (Wildman–Crippen LogP) is 9.48. The van der Waals surface area contributed by atoms with E-state index in [9.17, 15) is 35.4 Å². The van der Waals surface area contributed by atoms with E-state index in [4.69, 9.17) is 9.47 Å². The Morgan fingerprint density at radius 3 is 1.40 bits per heavy atom. The Labute approximate surface area is 355 Å². The molecule has 0 spiro atoms. The van der Waals surface area contributed by atoms with Gasteiger partial charge >= 0.3 is 0 Å². The minimum Gasteiger partial charge on any atom is -0.394 e. The third-order valence-electron chi connectivity index (χ3n) is 12.0. The fourth-order valence-corrected chi connectivity index (χ4v) is 7.93. The zero-order valence-electron chi connectivity index (χ0n) is 37.4. The monoisotopic (exact) mass is 828 g/mol. The van der Waals surface area contributed by atoms with Gasteiger partial charge in [0.25, 0.3) is 0 Å². The van der Waals surface area contributed by atoms with Crippen molar-refractivity contribution in [3.63, 3.8) is 0 Å². The minimum atomic E-state index is -1.61. The van der Waals surface area contributed by atoms with Gasteiger partial charge in [0.05, 0.1) is 25.4 Å². The van der Waals surface area contributed by atoms with Crippen molar-refractivity contribution in [2.75, 3.05) is 13.2 Å². The summed E-state index contributed by atoms with van der Waals surface area (Å²) in [5.74, 6) is -0.613. The summed E-state index contributed by atoms with van der Waals surface area (Å²) in [7, 11) is 0. The Bertz CT molecular complexity index is 937. The van der Waals surface area contributed by atoms with Gasteiger partial charge in [-0.3, -0.25) is 4.79 Å². The number of carbonyl (C=O) groups is 1. The first kappa shape index (κ1) is 54.9. The van der Waals surface area contributed by atoms with Crippen LogP contribution in [0.15, 0.2) is 12.2 Å². The average Bonchev–Trinajstić information content (AvgIpc) is 3.22. The standard InChI is InChI=1S/C48H93NO9/c1-3-5-7-9-11-13-15-17-18-19-20-21-22-23-25-27-29-31-33-35-37-42(52)47(56)49-40(39-57-48-46(55)45(54)44(53)43(38-50)58-48)41(51)36-34-32-30-28-26-24-16-14-12-10-8-6-4-2/h34,36,40-46,48,50-55H,3-33,35,37-39H2,1-2H3,(H,49,56)/b36-34+/t40-,41+,42-,43+,44-,45-,46+,48+/m0/s1. The lowest BCUT2D eigenvalue weighted by Crippen LogP contribution is -2.60. The summed E-state index contributed by atoms with van der Waals surface area (Å²) in [4.78, 5) is 13.0. The second-order valence-corrected chi connectivity index (χ2v) is 17.4. The van der Waals surface area contributed by atoms with Crippen LogP contribution in [0.3, 0.4) is 0 Å². The van der Waals surface area contributed by atoms with Crippen LogP contribution >= 0.6 is 0 Å². The molecule has 8 atom stereocenters. The fraction of sp³-hybridized carbons (Fsp3) is 0.938. The van der Waals surface area contributed by atoms with Gasteiger partial charge in [-0.25, -0.2) is 0 Å². The number of unbranched alkanes of at least 4 members (excludes halogenated alkanes) is 30. The van der Waals surface area contributed by atoms with Crippen molar-refractivity contribution in [3.05, 3.63) is 12.2 Å². The quantitative estimate of drug-likeness (QED) is 0.0235. The molecule has 0 saturated carbocycles. The third kappa shape index (κ3) is 28.4. The molecule has 0 aromatic heterocycles. The van der Waals surface area contributed by atoms with Gasteiger partial charge in [0.1, 0.15) is 30.5 Å². The summed E-state index contributed by atoms with van der Waals surface area (Å²) in [5, 5.41) is 64.7. The first-order chi connectivity index (χ1) is 28.3. The molecule has 0 aromatic rings. The lowest BCUT2D eigenvalue weighted by atomic mass is 9.99. The van der Waals surface area contributed by atoms with Crippen molar-refractivity contribution in [1.29, 1.82) is 0 Å². The van der Waals surface area contributed by atoms with E-state index in [1.807, 2.05) is 6.08 Å². The number of hydrogen-bond donors (Lipinski definition) is 7. The highest BCUT2D eigenvalue weighted by atomic mass is 16.7. The topological polar surface area (TPSA) is 169 Å². The highest BCUT2D eigenvalue weighted by molar-refractivity contribution is 5.80. The van der Waals surface area contributed by atoms with Crippen LogP contribution in [0.25, 0.3) is 0 Å². The summed E-state index contributed by atoms with van der Waals surface area (Å²) in [6.45, 7) is 3.62. The van der Waals surface area contributed by atoms with E-state index in [1.54, 1.807) is 6.08 Å². The number of rotatable bonds is 41. The molecule has 0 radical (unpaired) electrons. The molecule has 10 heteroatoms. The summed E-state index contributed by atoms with van der Waals surface area (Å²) in [6, 6.07) is -0.974. The molecular formula is C48H93NO9. The highest BCUT2D eigenvalue weighted by Crippen LogP contribution is 2.23. The molecule has 1 fully saturated rings. The van der Waals surface area contributed by atoms with Crippen LogP contribution in [0.2, 0.25) is 0 Å².